The molecular weight excluding hydrogens is 562 g/mol. The molecular formula is C34H37N3O5S. The minimum absolute atomic E-state index is 0.0596. The molecule has 224 valence electrons. The van der Waals surface area contributed by atoms with Gasteiger partial charge in [-0.3, -0.25) is 13.9 Å². The Kier molecular flexibility index (Phi) is 10.6. The molecule has 0 bridgehead atoms. The van der Waals surface area contributed by atoms with Gasteiger partial charge in [-0.1, -0.05) is 78.9 Å². The van der Waals surface area contributed by atoms with Crippen molar-refractivity contribution in [2.24, 2.45) is 0 Å². The van der Waals surface area contributed by atoms with E-state index >= 15 is 0 Å². The summed E-state index contributed by atoms with van der Waals surface area (Å²) in [5.74, 6) is -0.244. The number of carbonyl (C=O) groups is 2. The topological polar surface area (TPSA) is 96.0 Å². The summed E-state index contributed by atoms with van der Waals surface area (Å²) in [5, 5.41) is 2.96. The fourth-order valence-electron chi connectivity index (χ4n) is 4.74. The third-order valence-corrected chi connectivity index (χ3v) is 8.63. The quantitative estimate of drug-likeness (QED) is 0.232. The second kappa shape index (κ2) is 14.5. The predicted octanol–water partition coefficient (Wildman–Crippen LogP) is 5.06. The molecule has 0 aliphatic carbocycles. The number of rotatable bonds is 13. The van der Waals surface area contributed by atoms with Crippen LogP contribution in [0.4, 0.5) is 5.69 Å². The zero-order chi connectivity index (χ0) is 30.8. The lowest BCUT2D eigenvalue weighted by molar-refractivity contribution is -0.140. The van der Waals surface area contributed by atoms with Crippen LogP contribution in [0.1, 0.15) is 25.0 Å². The Hall–Kier alpha value is -4.63. The Balaban J connectivity index is 1.79. The monoisotopic (exact) mass is 599 g/mol. The molecule has 9 heteroatoms. The first kappa shape index (κ1) is 31.3. The molecule has 0 aromatic heterocycles. The summed E-state index contributed by atoms with van der Waals surface area (Å²) >= 11 is 0. The highest BCUT2D eigenvalue weighted by Crippen LogP contribution is 2.25. The summed E-state index contributed by atoms with van der Waals surface area (Å²) in [6.07, 6.45) is 0.242. The van der Waals surface area contributed by atoms with E-state index < -0.39 is 28.5 Å². The number of methoxy groups -OCH3 is 1. The van der Waals surface area contributed by atoms with E-state index in [-0.39, 0.29) is 29.8 Å². The zero-order valence-electron chi connectivity index (χ0n) is 24.6. The number of carbonyl (C=O) groups excluding carboxylic acids is 2. The van der Waals surface area contributed by atoms with Crippen LogP contribution in [-0.4, -0.2) is 50.9 Å². The second-order valence-corrected chi connectivity index (χ2v) is 12.3. The van der Waals surface area contributed by atoms with Crippen LogP contribution in [0.15, 0.2) is 120 Å². The van der Waals surface area contributed by atoms with Crippen molar-refractivity contribution in [3.63, 3.8) is 0 Å². The smallest absolute Gasteiger partial charge is 0.264 e. The molecule has 1 atom stereocenters. The van der Waals surface area contributed by atoms with Crippen molar-refractivity contribution in [1.82, 2.24) is 10.2 Å². The van der Waals surface area contributed by atoms with Gasteiger partial charge in [-0.25, -0.2) is 8.42 Å². The van der Waals surface area contributed by atoms with Crippen molar-refractivity contribution in [1.29, 1.82) is 0 Å². The van der Waals surface area contributed by atoms with Crippen LogP contribution in [0.25, 0.3) is 0 Å². The average molecular weight is 600 g/mol. The number of benzene rings is 4. The Bertz CT molecular complexity index is 1600. The third kappa shape index (κ3) is 8.23. The van der Waals surface area contributed by atoms with Crippen LogP contribution >= 0.6 is 0 Å². The van der Waals surface area contributed by atoms with E-state index in [1.807, 2.05) is 56.3 Å². The van der Waals surface area contributed by atoms with E-state index in [1.54, 1.807) is 67.8 Å². The van der Waals surface area contributed by atoms with Gasteiger partial charge in [0.25, 0.3) is 10.0 Å². The summed E-state index contributed by atoms with van der Waals surface area (Å²) in [7, 11) is -2.57. The summed E-state index contributed by atoms with van der Waals surface area (Å²) in [5.41, 5.74) is 1.94. The lowest BCUT2D eigenvalue weighted by Crippen LogP contribution is -2.54. The van der Waals surface area contributed by atoms with Crippen molar-refractivity contribution in [3.05, 3.63) is 126 Å². The highest BCUT2D eigenvalue weighted by molar-refractivity contribution is 7.92. The Morgan fingerprint density at radius 3 is 1.98 bits per heavy atom. The second-order valence-electron chi connectivity index (χ2n) is 10.4. The highest BCUT2D eigenvalue weighted by atomic mass is 32.2. The van der Waals surface area contributed by atoms with E-state index in [0.717, 1.165) is 15.4 Å². The van der Waals surface area contributed by atoms with E-state index in [9.17, 15) is 18.0 Å². The lowest BCUT2D eigenvalue weighted by Gasteiger charge is -2.34. The van der Waals surface area contributed by atoms with E-state index in [1.165, 1.54) is 17.0 Å². The number of para-hydroxylation sites is 1. The molecule has 8 nitrogen and oxygen atoms in total. The maximum Gasteiger partial charge on any atom is 0.264 e. The number of nitrogens with one attached hydrogen (secondary N) is 1. The van der Waals surface area contributed by atoms with Crippen molar-refractivity contribution in [2.45, 2.75) is 43.8 Å². The number of ether oxygens (including phenoxy) is 1. The molecule has 4 aromatic rings. The molecule has 0 saturated heterocycles. The molecule has 2 amide bonds. The summed E-state index contributed by atoms with van der Waals surface area (Å²) in [6.45, 7) is 3.27. The first-order chi connectivity index (χ1) is 20.7. The highest BCUT2D eigenvalue weighted by Gasteiger charge is 2.34. The zero-order valence-corrected chi connectivity index (χ0v) is 25.4. The number of amides is 2. The normalized spacial score (nSPS) is 11.9. The van der Waals surface area contributed by atoms with E-state index in [4.69, 9.17) is 4.74 Å². The van der Waals surface area contributed by atoms with Gasteiger partial charge in [0.1, 0.15) is 18.3 Å². The van der Waals surface area contributed by atoms with Gasteiger partial charge in [-0.15, -0.1) is 0 Å². The molecule has 0 fully saturated rings. The van der Waals surface area contributed by atoms with Crippen molar-refractivity contribution in [2.75, 3.05) is 18.0 Å². The SMILES string of the molecule is COc1cccc(CN(C(=O)CN(c2ccccc2)S(=O)(=O)c2ccccc2)[C@H](Cc2ccccc2)C(=O)NC(C)C)c1. The molecule has 43 heavy (non-hydrogen) atoms. The molecule has 1 N–H and O–H groups in total. The number of hydrogen-bond acceptors (Lipinski definition) is 5. The van der Waals surface area contributed by atoms with Crippen molar-refractivity contribution >= 4 is 27.5 Å². The molecule has 0 saturated carbocycles. The summed E-state index contributed by atoms with van der Waals surface area (Å²) < 4.78 is 34.4. The number of hydrogen-bond donors (Lipinski definition) is 1. The van der Waals surface area contributed by atoms with Crippen LogP contribution in [0.3, 0.4) is 0 Å². The van der Waals surface area contributed by atoms with Gasteiger partial charge >= 0.3 is 0 Å². The molecule has 0 unspecified atom stereocenters. The Morgan fingerprint density at radius 1 is 0.791 bits per heavy atom. The maximum absolute atomic E-state index is 14.4. The van der Waals surface area contributed by atoms with Crippen LogP contribution in [0, 0.1) is 0 Å². The van der Waals surface area contributed by atoms with Gasteiger partial charge in [-0.05, 0) is 61.4 Å². The van der Waals surface area contributed by atoms with Crippen LogP contribution in [-0.2, 0) is 32.6 Å². The minimum atomic E-state index is -4.12. The van der Waals surface area contributed by atoms with Gasteiger partial charge < -0.3 is 15.0 Å². The van der Waals surface area contributed by atoms with E-state index in [0.29, 0.717) is 11.4 Å². The number of nitrogens with zero attached hydrogens (tertiary/aromatic N) is 2. The molecule has 4 aromatic carbocycles. The predicted molar refractivity (Wildman–Crippen MR) is 168 cm³/mol. The molecule has 4 rings (SSSR count). The molecule has 0 heterocycles. The fourth-order valence-corrected chi connectivity index (χ4v) is 6.18. The molecule has 0 aliphatic heterocycles. The summed E-state index contributed by atoms with van der Waals surface area (Å²) in [4.78, 5) is 29.7. The fraction of sp³-hybridized carbons (Fsp3) is 0.235. The van der Waals surface area contributed by atoms with Gasteiger partial charge in [-0.2, -0.15) is 0 Å². The van der Waals surface area contributed by atoms with Crippen molar-refractivity contribution in [3.8, 4) is 5.75 Å². The lowest BCUT2D eigenvalue weighted by atomic mass is 10.0. The standard InChI is InChI=1S/C34H37N3O5S/c1-26(2)35-34(39)32(23-27-14-7-4-8-15-27)36(24-28-16-13-19-30(22-28)42-3)33(38)25-37(29-17-9-5-10-18-29)43(40,41)31-20-11-6-12-21-31/h4-22,26,32H,23-25H2,1-3H3,(H,35,39)/t32-/m1/s1. The van der Waals surface area contributed by atoms with E-state index in [2.05, 4.69) is 5.32 Å². The molecule has 0 spiro atoms. The first-order valence-electron chi connectivity index (χ1n) is 14.1. The van der Waals surface area contributed by atoms with Crippen molar-refractivity contribution < 1.29 is 22.7 Å². The number of sulfonamides is 1. The average Bonchev–Trinajstić information content (AvgIpc) is 3.02. The van der Waals surface area contributed by atoms with Gasteiger partial charge in [0, 0.05) is 19.0 Å². The van der Waals surface area contributed by atoms with Gasteiger partial charge in [0.15, 0.2) is 0 Å². The van der Waals surface area contributed by atoms with Gasteiger partial charge in [0.2, 0.25) is 11.8 Å². The van der Waals surface area contributed by atoms with Crippen LogP contribution < -0.4 is 14.4 Å². The molecule has 0 aliphatic rings. The van der Waals surface area contributed by atoms with Crippen LogP contribution in [0.2, 0.25) is 0 Å². The Morgan fingerprint density at radius 2 is 1.37 bits per heavy atom. The minimum Gasteiger partial charge on any atom is -0.497 e. The maximum atomic E-state index is 14.4. The Labute approximate surface area is 254 Å². The summed E-state index contributed by atoms with van der Waals surface area (Å²) in [6, 6.07) is 32.1. The largest absolute Gasteiger partial charge is 0.497 e. The first-order valence-corrected chi connectivity index (χ1v) is 15.5. The molecule has 0 radical (unpaired) electrons. The number of anilines is 1. The van der Waals surface area contributed by atoms with Gasteiger partial charge in [0.05, 0.1) is 17.7 Å². The third-order valence-electron chi connectivity index (χ3n) is 6.84. The van der Waals surface area contributed by atoms with Crippen LogP contribution in [0.5, 0.6) is 5.75 Å².